The number of amides is 1. The number of carbonyl (C=O) groups excluding carboxylic acids is 1. The maximum Gasteiger partial charge on any atom is 0.408 e. The third-order valence-electron chi connectivity index (χ3n) is 1.46. The third kappa shape index (κ3) is 3.57. The van der Waals surface area contributed by atoms with Gasteiger partial charge < -0.3 is 9.47 Å². The minimum Gasteiger partial charge on any atom is -0.453 e. The van der Waals surface area contributed by atoms with E-state index in [-0.39, 0.29) is 11.6 Å². The van der Waals surface area contributed by atoms with E-state index in [4.69, 9.17) is 4.74 Å². The molecule has 1 unspecified atom stereocenters. The van der Waals surface area contributed by atoms with Gasteiger partial charge in [0.2, 0.25) is 0 Å². The first-order valence-corrected chi connectivity index (χ1v) is 3.79. The second kappa shape index (κ2) is 4.30. The topological polar surface area (TPSA) is 47.6 Å². The third-order valence-corrected chi connectivity index (χ3v) is 1.46. The Labute approximate surface area is 73.2 Å². The van der Waals surface area contributed by atoms with Crippen molar-refractivity contribution in [2.45, 2.75) is 27.0 Å². The number of alkyl carbamates (subject to hydrolysis) is 1. The molecule has 0 aromatic heterocycles. The molecule has 1 amide bonds. The van der Waals surface area contributed by atoms with Crippen LogP contribution in [0.15, 0.2) is 0 Å². The van der Waals surface area contributed by atoms with Crippen molar-refractivity contribution in [1.29, 1.82) is 0 Å². The van der Waals surface area contributed by atoms with E-state index in [9.17, 15) is 4.79 Å². The molecule has 0 spiro atoms. The van der Waals surface area contributed by atoms with Crippen LogP contribution in [0.1, 0.15) is 20.8 Å². The molecule has 0 aromatic rings. The number of hydrogen-bond donors (Lipinski definition) is 1. The van der Waals surface area contributed by atoms with Gasteiger partial charge in [0.05, 0.1) is 7.11 Å². The lowest BCUT2D eigenvalue weighted by Crippen LogP contribution is -2.44. The van der Waals surface area contributed by atoms with Gasteiger partial charge in [-0.3, -0.25) is 5.32 Å². The van der Waals surface area contributed by atoms with Gasteiger partial charge in [-0.25, -0.2) is 4.79 Å². The van der Waals surface area contributed by atoms with E-state index in [0.29, 0.717) is 0 Å². The molecule has 0 aliphatic rings. The first kappa shape index (κ1) is 11.2. The zero-order chi connectivity index (χ0) is 9.78. The van der Waals surface area contributed by atoms with Crippen LogP contribution in [-0.4, -0.2) is 26.5 Å². The summed E-state index contributed by atoms with van der Waals surface area (Å²) in [5.74, 6) is 0. The predicted molar refractivity (Wildman–Crippen MR) is 45.8 cm³/mol. The molecule has 0 saturated carbocycles. The molecule has 0 aliphatic carbocycles. The molecule has 12 heavy (non-hydrogen) atoms. The van der Waals surface area contributed by atoms with Crippen molar-refractivity contribution in [2.24, 2.45) is 5.41 Å². The van der Waals surface area contributed by atoms with Crippen molar-refractivity contribution in [1.82, 2.24) is 5.32 Å². The Morgan fingerprint density at radius 2 is 1.83 bits per heavy atom. The maximum absolute atomic E-state index is 10.8. The lowest BCUT2D eigenvalue weighted by Gasteiger charge is -2.29. The highest BCUT2D eigenvalue weighted by atomic mass is 16.6. The van der Waals surface area contributed by atoms with Crippen LogP contribution in [0.4, 0.5) is 4.79 Å². The van der Waals surface area contributed by atoms with Crippen LogP contribution in [0.5, 0.6) is 0 Å². The van der Waals surface area contributed by atoms with Gasteiger partial charge in [-0.05, 0) is 0 Å². The van der Waals surface area contributed by atoms with E-state index in [0.717, 1.165) is 0 Å². The molecule has 0 aliphatic heterocycles. The molecular formula is C8H17NO3. The Bertz CT molecular complexity index is 151. The molecule has 72 valence electrons. The average Bonchev–Trinajstić information content (AvgIpc) is 1.97. The quantitative estimate of drug-likeness (QED) is 0.644. The fourth-order valence-electron chi connectivity index (χ4n) is 0.795. The zero-order valence-corrected chi connectivity index (χ0v) is 8.30. The van der Waals surface area contributed by atoms with Gasteiger partial charge in [0.25, 0.3) is 0 Å². The van der Waals surface area contributed by atoms with Crippen molar-refractivity contribution in [3.63, 3.8) is 0 Å². The standard InChI is InChI=1S/C8H17NO3/c1-8(2,3)6(11-4)9-7(10)12-5/h6H,1-5H3,(H,9,10). The maximum atomic E-state index is 10.8. The molecule has 4 heteroatoms. The lowest BCUT2D eigenvalue weighted by atomic mass is 9.94. The monoisotopic (exact) mass is 175 g/mol. The fraction of sp³-hybridized carbons (Fsp3) is 0.875. The summed E-state index contributed by atoms with van der Waals surface area (Å²) in [6.07, 6.45) is -0.804. The van der Waals surface area contributed by atoms with E-state index < -0.39 is 6.09 Å². The summed E-state index contributed by atoms with van der Waals surface area (Å²) in [6.45, 7) is 5.91. The largest absolute Gasteiger partial charge is 0.453 e. The molecule has 1 N–H and O–H groups in total. The summed E-state index contributed by atoms with van der Waals surface area (Å²) in [7, 11) is 2.87. The summed E-state index contributed by atoms with van der Waals surface area (Å²) >= 11 is 0. The summed E-state index contributed by atoms with van der Waals surface area (Å²) in [5.41, 5.74) is -0.136. The number of carbonyl (C=O) groups is 1. The minimum absolute atomic E-state index is 0.136. The molecule has 0 heterocycles. The number of hydrogen-bond acceptors (Lipinski definition) is 3. The van der Waals surface area contributed by atoms with Gasteiger partial charge in [-0.15, -0.1) is 0 Å². The van der Waals surface area contributed by atoms with Gasteiger partial charge in [-0.2, -0.15) is 0 Å². The number of rotatable bonds is 2. The van der Waals surface area contributed by atoms with Crippen LogP contribution in [0.25, 0.3) is 0 Å². The van der Waals surface area contributed by atoms with Gasteiger partial charge >= 0.3 is 6.09 Å². The Kier molecular flexibility index (Phi) is 4.03. The Balaban J connectivity index is 4.09. The van der Waals surface area contributed by atoms with Crippen molar-refractivity contribution >= 4 is 6.09 Å². The Morgan fingerprint density at radius 3 is 2.08 bits per heavy atom. The summed E-state index contributed by atoms with van der Waals surface area (Å²) in [4.78, 5) is 10.8. The van der Waals surface area contributed by atoms with Crippen molar-refractivity contribution < 1.29 is 14.3 Å². The van der Waals surface area contributed by atoms with E-state index in [2.05, 4.69) is 10.1 Å². The fourth-order valence-corrected chi connectivity index (χ4v) is 0.795. The molecule has 0 saturated heterocycles. The molecule has 1 atom stereocenters. The van der Waals surface area contributed by atoms with Crippen LogP contribution in [0.3, 0.4) is 0 Å². The molecule has 0 bridgehead atoms. The van der Waals surface area contributed by atoms with Gasteiger partial charge in [0.15, 0.2) is 0 Å². The normalized spacial score (nSPS) is 13.8. The summed E-state index contributed by atoms with van der Waals surface area (Å²) in [5, 5.41) is 2.57. The van der Waals surface area contributed by atoms with Crippen molar-refractivity contribution in [3.8, 4) is 0 Å². The van der Waals surface area contributed by atoms with Crippen LogP contribution in [0, 0.1) is 5.41 Å². The number of nitrogens with one attached hydrogen (secondary N) is 1. The lowest BCUT2D eigenvalue weighted by molar-refractivity contribution is -0.00683. The Hall–Kier alpha value is -0.770. The first-order chi connectivity index (χ1) is 5.41. The van der Waals surface area contributed by atoms with E-state index >= 15 is 0 Å². The number of methoxy groups -OCH3 is 2. The van der Waals surface area contributed by atoms with Crippen LogP contribution < -0.4 is 5.32 Å². The highest BCUT2D eigenvalue weighted by Crippen LogP contribution is 2.19. The molecule has 0 fully saturated rings. The van der Waals surface area contributed by atoms with Crippen LogP contribution in [0.2, 0.25) is 0 Å². The second-order valence-corrected chi connectivity index (χ2v) is 3.62. The molecule has 4 nitrogen and oxygen atoms in total. The SMILES string of the molecule is COC(=O)NC(OC)C(C)(C)C. The minimum atomic E-state index is -0.475. The average molecular weight is 175 g/mol. The van der Waals surface area contributed by atoms with Crippen molar-refractivity contribution in [2.75, 3.05) is 14.2 Å². The van der Waals surface area contributed by atoms with Gasteiger partial charge in [-0.1, -0.05) is 20.8 Å². The van der Waals surface area contributed by atoms with Crippen molar-refractivity contribution in [3.05, 3.63) is 0 Å². The highest BCUT2D eigenvalue weighted by Gasteiger charge is 2.25. The zero-order valence-electron chi connectivity index (χ0n) is 8.30. The smallest absolute Gasteiger partial charge is 0.408 e. The van der Waals surface area contributed by atoms with E-state index in [1.165, 1.54) is 7.11 Å². The van der Waals surface area contributed by atoms with Gasteiger partial charge in [0, 0.05) is 12.5 Å². The molecule has 0 aromatic carbocycles. The summed E-state index contributed by atoms with van der Waals surface area (Å²) in [6, 6.07) is 0. The van der Waals surface area contributed by atoms with E-state index in [1.807, 2.05) is 20.8 Å². The van der Waals surface area contributed by atoms with Gasteiger partial charge in [0.1, 0.15) is 6.23 Å². The predicted octanol–water partition coefficient (Wildman–Crippen LogP) is 1.36. The Morgan fingerprint density at radius 1 is 1.33 bits per heavy atom. The molecule has 0 radical (unpaired) electrons. The van der Waals surface area contributed by atoms with E-state index in [1.54, 1.807) is 7.11 Å². The molecule has 0 rings (SSSR count). The van der Waals surface area contributed by atoms with Crippen LogP contribution >= 0.6 is 0 Å². The second-order valence-electron chi connectivity index (χ2n) is 3.62. The number of ether oxygens (including phenoxy) is 2. The first-order valence-electron chi connectivity index (χ1n) is 3.79. The highest BCUT2D eigenvalue weighted by molar-refractivity contribution is 5.67. The van der Waals surface area contributed by atoms with Crippen LogP contribution in [-0.2, 0) is 9.47 Å². The summed E-state index contributed by atoms with van der Waals surface area (Å²) < 4.78 is 9.52. The molecular weight excluding hydrogens is 158 g/mol.